The second-order valence-corrected chi connectivity index (χ2v) is 7.98. The molecule has 5 rings (SSSR count). The minimum Gasteiger partial charge on any atom is -0.459 e. The second-order valence-electron chi connectivity index (χ2n) is 7.98. The third-order valence-electron chi connectivity index (χ3n) is 6.50. The molecule has 4 heterocycles. The molecule has 2 atom stereocenters. The predicted octanol–water partition coefficient (Wildman–Crippen LogP) is 1.76. The Kier molecular flexibility index (Phi) is 3.80. The van der Waals surface area contributed by atoms with E-state index in [2.05, 4.69) is 15.4 Å². The fraction of sp³-hybridized carbons (Fsp3) is 0.579. The van der Waals surface area contributed by atoms with Gasteiger partial charge in [0.15, 0.2) is 5.76 Å². The normalized spacial score (nSPS) is 27.4. The van der Waals surface area contributed by atoms with Gasteiger partial charge in [0, 0.05) is 31.0 Å². The molecular weight excluding hydrogens is 346 g/mol. The number of fused-ring (bicyclic) bond motifs is 1. The van der Waals surface area contributed by atoms with Gasteiger partial charge in [-0.3, -0.25) is 9.59 Å². The van der Waals surface area contributed by atoms with Gasteiger partial charge in [-0.15, -0.1) is 0 Å². The van der Waals surface area contributed by atoms with Crippen LogP contribution in [-0.2, 0) is 11.3 Å². The molecule has 1 spiro atoms. The summed E-state index contributed by atoms with van der Waals surface area (Å²) in [6.45, 7) is 2.01. The molecule has 0 bridgehead atoms. The van der Waals surface area contributed by atoms with Crippen LogP contribution >= 0.6 is 0 Å². The van der Waals surface area contributed by atoms with E-state index in [0.29, 0.717) is 18.8 Å². The zero-order chi connectivity index (χ0) is 18.4. The smallest absolute Gasteiger partial charge is 0.289 e. The number of rotatable bonds is 3. The maximum Gasteiger partial charge on any atom is 0.289 e. The van der Waals surface area contributed by atoms with Crippen molar-refractivity contribution in [1.29, 1.82) is 0 Å². The number of hydrogen-bond donors (Lipinski definition) is 1. The van der Waals surface area contributed by atoms with Gasteiger partial charge in [-0.05, 0) is 37.8 Å². The van der Waals surface area contributed by atoms with Crippen molar-refractivity contribution >= 4 is 11.8 Å². The molecule has 142 valence electrons. The Bertz CT molecular complexity index is 857. The van der Waals surface area contributed by atoms with Gasteiger partial charge in [-0.1, -0.05) is 6.42 Å². The van der Waals surface area contributed by atoms with Crippen molar-refractivity contribution in [2.75, 3.05) is 13.1 Å². The summed E-state index contributed by atoms with van der Waals surface area (Å²) in [6.07, 6.45) is 7.81. The zero-order valence-corrected chi connectivity index (χ0v) is 15.1. The van der Waals surface area contributed by atoms with E-state index < -0.39 is 0 Å². The summed E-state index contributed by atoms with van der Waals surface area (Å²) in [4.78, 5) is 31.7. The Balaban J connectivity index is 1.41. The van der Waals surface area contributed by atoms with Crippen LogP contribution in [0.3, 0.4) is 0 Å². The van der Waals surface area contributed by atoms with Crippen molar-refractivity contribution in [2.24, 2.45) is 11.3 Å². The molecule has 8 heteroatoms. The molecule has 2 aliphatic heterocycles. The number of hydrogen-bond acceptors (Lipinski definition) is 5. The van der Waals surface area contributed by atoms with Crippen molar-refractivity contribution in [3.05, 3.63) is 36.3 Å². The molecule has 1 N–H and O–H groups in total. The highest BCUT2D eigenvalue weighted by Gasteiger charge is 2.51. The molecule has 3 aliphatic rings. The molecule has 27 heavy (non-hydrogen) atoms. The summed E-state index contributed by atoms with van der Waals surface area (Å²) >= 11 is 0. The van der Waals surface area contributed by atoms with Crippen molar-refractivity contribution in [2.45, 2.75) is 44.7 Å². The number of aromatic nitrogens is 3. The largest absolute Gasteiger partial charge is 0.459 e. The van der Waals surface area contributed by atoms with Crippen LogP contribution in [0.25, 0.3) is 0 Å². The molecule has 2 fully saturated rings. The number of carbonyl (C=O) groups excluding carboxylic acids is 2. The zero-order valence-electron chi connectivity index (χ0n) is 15.1. The Labute approximate surface area is 156 Å². The van der Waals surface area contributed by atoms with Gasteiger partial charge in [0.05, 0.1) is 12.3 Å². The van der Waals surface area contributed by atoms with Crippen LogP contribution in [0.4, 0.5) is 0 Å². The van der Waals surface area contributed by atoms with E-state index in [9.17, 15) is 9.59 Å². The molecule has 2 amide bonds. The molecule has 0 aromatic carbocycles. The third-order valence-corrected chi connectivity index (χ3v) is 6.50. The van der Waals surface area contributed by atoms with Gasteiger partial charge >= 0.3 is 0 Å². The van der Waals surface area contributed by atoms with Crippen molar-refractivity contribution in [1.82, 2.24) is 25.0 Å². The highest BCUT2D eigenvalue weighted by Crippen LogP contribution is 2.48. The Hall–Kier alpha value is -2.64. The van der Waals surface area contributed by atoms with Crippen LogP contribution in [0.2, 0.25) is 0 Å². The lowest BCUT2D eigenvalue weighted by Gasteiger charge is -2.41. The predicted molar refractivity (Wildman–Crippen MR) is 94.5 cm³/mol. The number of carbonyl (C=O) groups is 2. The van der Waals surface area contributed by atoms with Gasteiger partial charge in [-0.25, -0.2) is 9.67 Å². The van der Waals surface area contributed by atoms with E-state index >= 15 is 0 Å². The topological polar surface area (TPSA) is 93.3 Å². The molecular formula is C19H23N5O3. The van der Waals surface area contributed by atoms with Gasteiger partial charge in [0.25, 0.3) is 5.91 Å². The first kappa shape index (κ1) is 16.5. The van der Waals surface area contributed by atoms with Crippen molar-refractivity contribution in [3.63, 3.8) is 0 Å². The summed E-state index contributed by atoms with van der Waals surface area (Å²) in [6, 6.07) is 3.21. The standard InChI is InChI=1S/C19H23N5O3/c25-17(13-3-1-4-13)22-15-16-20-12-21-24(16)9-7-19(15)6-8-23(11-19)18(26)14-5-2-10-27-14/h2,5,10,12-13,15H,1,3-4,6-9,11H2,(H,22,25)/t15-,19-/m1/s1. The number of furan rings is 1. The van der Waals surface area contributed by atoms with E-state index in [-0.39, 0.29) is 29.2 Å². The Morgan fingerprint density at radius 2 is 2.11 bits per heavy atom. The van der Waals surface area contributed by atoms with Crippen molar-refractivity contribution < 1.29 is 14.0 Å². The van der Waals surface area contributed by atoms with E-state index in [1.807, 2.05) is 9.58 Å². The SMILES string of the molecule is O=C(N[C@@H]1c2ncnn2CC[C@@]12CCN(C(=O)c1ccco1)C2)C1CCC1. The molecule has 1 saturated carbocycles. The Morgan fingerprint density at radius 3 is 2.85 bits per heavy atom. The fourth-order valence-corrected chi connectivity index (χ4v) is 4.63. The number of amides is 2. The maximum absolute atomic E-state index is 12.7. The summed E-state index contributed by atoms with van der Waals surface area (Å²) in [7, 11) is 0. The van der Waals surface area contributed by atoms with Crippen LogP contribution in [0, 0.1) is 11.3 Å². The van der Waals surface area contributed by atoms with Crippen LogP contribution in [0.5, 0.6) is 0 Å². The highest BCUT2D eigenvalue weighted by molar-refractivity contribution is 5.91. The molecule has 2 aromatic rings. The monoisotopic (exact) mass is 369 g/mol. The van der Waals surface area contributed by atoms with Crippen LogP contribution in [-0.4, -0.2) is 44.6 Å². The molecule has 0 unspecified atom stereocenters. The molecule has 1 aliphatic carbocycles. The summed E-state index contributed by atoms with van der Waals surface area (Å²) < 4.78 is 7.17. The number of nitrogens with zero attached hydrogens (tertiary/aromatic N) is 4. The highest BCUT2D eigenvalue weighted by atomic mass is 16.3. The summed E-state index contributed by atoms with van der Waals surface area (Å²) in [5.74, 6) is 1.30. The average molecular weight is 369 g/mol. The van der Waals surface area contributed by atoms with Gasteiger partial charge in [0.2, 0.25) is 5.91 Å². The molecule has 2 aromatic heterocycles. The van der Waals surface area contributed by atoms with E-state index in [4.69, 9.17) is 4.42 Å². The van der Waals surface area contributed by atoms with Gasteiger partial charge in [0.1, 0.15) is 12.2 Å². The minimum absolute atomic E-state index is 0.0898. The lowest BCUT2D eigenvalue weighted by molar-refractivity contribution is -0.129. The third kappa shape index (κ3) is 2.65. The first-order valence-electron chi connectivity index (χ1n) is 9.67. The average Bonchev–Trinajstić information content (AvgIpc) is 3.36. The van der Waals surface area contributed by atoms with E-state index in [1.54, 1.807) is 18.5 Å². The lowest BCUT2D eigenvalue weighted by atomic mass is 9.73. The van der Waals surface area contributed by atoms with Gasteiger partial charge < -0.3 is 14.6 Å². The summed E-state index contributed by atoms with van der Waals surface area (Å²) in [5.41, 5.74) is -0.204. The number of likely N-dealkylation sites (tertiary alicyclic amines) is 1. The van der Waals surface area contributed by atoms with Crippen LogP contribution in [0.15, 0.2) is 29.1 Å². The molecule has 1 saturated heterocycles. The van der Waals surface area contributed by atoms with Gasteiger partial charge in [-0.2, -0.15) is 5.10 Å². The molecule has 8 nitrogen and oxygen atoms in total. The number of aryl methyl sites for hydroxylation is 1. The number of nitrogens with one attached hydrogen (secondary N) is 1. The Morgan fingerprint density at radius 1 is 1.26 bits per heavy atom. The lowest BCUT2D eigenvalue weighted by Crippen LogP contribution is -2.49. The van der Waals surface area contributed by atoms with Crippen molar-refractivity contribution in [3.8, 4) is 0 Å². The van der Waals surface area contributed by atoms with Crippen LogP contribution in [0.1, 0.15) is 54.5 Å². The quantitative estimate of drug-likeness (QED) is 0.890. The second kappa shape index (κ2) is 6.21. The van der Waals surface area contributed by atoms with Crippen LogP contribution < -0.4 is 5.32 Å². The first-order chi connectivity index (χ1) is 13.2. The summed E-state index contributed by atoms with van der Waals surface area (Å²) in [5, 5.41) is 7.57. The van der Waals surface area contributed by atoms with E-state index in [0.717, 1.165) is 44.5 Å². The minimum atomic E-state index is -0.212. The first-order valence-corrected chi connectivity index (χ1v) is 9.67. The maximum atomic E-state index is 12.7. The molecule has 0 radical (unpaired) electrons. The van der Waals surface area contributed by atoms with E-state index in [1.165, 1.54) is 6.26 Å². The fourth-order valence-electron chi connectivity index (χ4n) is 4.63.